The van der Waals surface area contributed by atoms with E-state index >= 15 is 0 Å². The van der Waals surface area contributed by atoms with Crippen molar-refractivity contribution < 1.29 is 14.3 Å². The predicted molar refractivity (Wildman–Crippen MR) is 130 cm³/mol. The summed E-state index contributed by atoms with van der Waals surface area (Å²) in [5.74, 6) is 1.60. The molecule has 0 fully saturated rings. The minimum Gasteiger partial charge on any atom is -0.497 e. The number of aromatic nitrogens is 3. The first kappa shape index (κ1) is 24.5. The van der Waals surface area contributed by atoms with Gasteiger partial charge in [-0.05, 0) is 56.2 Å². The zero-order valence-corrected chi connectivity index (χ0v) is 20.5. The summed E-state index contributed by atoms with van der Waals surface area (Å²) in [5.41, 5.74) is 2.26. The first-order valence-corrected chi connectivity index (χ1v) is 11.9. The van der Waals surface area contributed by atoms with E-state index in [0.29, 0.717) is 34.4 Å². The van der Waals surface area contributed by atoms with Gasteiger partial charge in [0, 0.05) is 17.7 Å². The Morgan fingerprint density at radius 3 is 2.42 bits per heavy atom. The van der Waals surface area contributed by atoms with Crippen molar-refractivity contribution in [3.63, 3.8) is 0 Å². The minimum atomic E-state index is -0.308. The number of aryl methyl sites for hydroxylation is 1. The Morgan fingerprint density at radius 1 is 1.09 bits per heavy atom. The van der Waals surface area contributed by atoms with Crippen LogP contribution in [0.2, 0.25) is 0 Å². The summed E-state index contributed by atoms with van der Waals surface area (Å²) in [7, 11) is 1.59. The van der Waals surface area contributed by atoms with Crippen LogP contribution in [-0.2, 0) is 6.54 Å². The van der Waals surface area contributed by atoms with E-state index in [0.717, 1.165) is 5.56 Å². The van der Waals surface area contributed by atoms with Crippen molar-refractivity contribution in [2.24, 2.45) is 5.92 Å². The molecule has 33 heavy (non-hydrogen) atoms. The molecule has 2 aromatic carbocycles. The van der Waals surface area contributed by atoms with E-state index in [9.17, 15) is 9.59 Å². The number of hydrogen-bond acceptors (Lipinski definition) is 6. The van der Waals surface area contributed by atoms with Crippen LogP contribution in [0.1, 0.15) is 58.9 Å². The maximum atomic E-state index is 12.9. The normalized spacial score (nSPS) is 11.9. The molecule has 1 aromatic heterocycles. The van der Waals surface area contributed by atoms with Gasteiger partial charge in [0.2, 0.25) is 0 Å². The topological polar surface area (TPSA) is 86.1 Å². The van der Waals surface area contributed by atoms with Crippen LogP contribution in [0.3, 0.4) is 0 Å². The van der Waals surface area contributed by atoms with Gasteiger partial charge in [0.15, 0.2) is 16.8 Å². The van der Waals surface area contributed by atoms with Gasteiger partial charge < -0.3 is 14.6 Å². The molecule has 0 spiro atoms. The number of carbonyl (C=O) groups is 2. The third-order valence-electron chi connectivity index (χ3n) is 5.32. The van der Waals surface area contributed by atoms with E-state index < -0.39 is 0 Å². The third-order valence-corrected chi connectivity index (χ3v) is 6.28. The van der Waals surface area contributed by atoms with Gasteiger partial charge in [0.1, 0.15) is 5.75 Å². The van der Waals surface area contributed by atoms with Gasteiger partial charge in [-0.3, -0.25) is 9.59 Å². The highest BCUT2D eigenvalue weighted by Crippen LogP contribution is 2.26. The van der Waals surface area contributed by atoms with Crippen molar-refractivity contribution >= 4 is 23.5 Å². The molecule has 0 radical (unpaired) electrons. The Bertz CT molecular complexity index is 1110. The molecule has 3 rings (SSSR count). The van der Waals surface area contributed by atoms with Crippen molar-refractivity contribution in [3.05, 3.63) is 71.0 Å². The largest absolute Gasteiger partial charge is 0.497 e. The summed E-state index contributed by atoms with van der Waals surface area (Å²) in [4.78, 5) is 25.5. The Morgan fingerprint density at radius 2 is 1.82 bits per heavy atom. The fourth-order valence-corrected chi connectivity index (χ4v) is 4.37. The smallest absolute Gasteiger partial charge is 0.251 e. The molecular weight excluding hydrogens is 436 g/mol. The molecule has 0 saturated carbocycles. The number of methoxy groups -OCH3 is 1. The lowest BCUT2D eigenvalue weighted by Gasteiger charge is -2.22. The van der Waals surface area contributed by atoms with Crippen LogP contribution in [-0.4, -0.2) is 39.3 Å². The van der Waals surface area contributed by atoms with Crippen LogP contribution in [0.25, 0.3) is 0 Å². The predicted octanol–water partition coefficient (Wildman–Crippen LogP) is 4.72. The number of rotatable bonds is 10. The highest BCUT2D eigenvalue weighted by atomic mass is 32.2. The molecule has 1 heterocycles. The quantitative estimate of drug-likeness (QED) is 0.344. The van der Waals surface area contributed by atoms with Gasteiger partial charge in [0.05, 0.1) is 18.9 Å². The molecule has 1 atom stereocenters. The summed E-state index contributed by atoms with van der Waals surface area (Å²) in [6, 6.07) is 14.2. The fourth-order valence-electron chi connectivity index (χ4n) is 3.46. The number of ketones is 1. The molecule has 0 aliphatic rings. The number of nitrogens with zero attached hydrogens (tertiary/aromatic N) is 3. The van der Waals surface area contributed by atoms with Crippen molar-refractivity contribution in [2.45, 2.75) is 45.4 Å². The molecule has 1 N–H and O–H groups in total. The lowest BCUT2D eigenvalue weighted by atomic mass is 10.0. The monoisotopic (exact) mass is 466 g/mol. The Balaban J connectivity index is 1.75. The fraction of sp³-hybridized carbons (Fsp3) is 0.360. The average Bonchev–Trinajstić information content (AvgIpc) is 3.23. The number of ether oxygens (including phenoxy) is 1. The zero-order chi connectivity index (χ0) is 24.0. The number of hydrogen-bond donors (Lipinski definition) is 1. The average molecular weight is 467 g/mol. The van der Waals surface area contributed by atoms with Crippen molar-refractivity contribution in [2.75, 3.05) is 12.9 Å². The van der Waals surface area contributed by atoms with E-state index in [2.05, 4.69) is 15.5 Å². The van der Waals surface area contributed by atoms with Crippen LogP contribution < -0.4 is 10.1 Å². The number of carbonyl (C=O) groups excluding carboxylic acids is 2. The zero-order valence-electron chi connectivity index (χ0n) is 19.7. The van der Waals surface area contributed by atoms with Crippen molar-refractivity contribution in [3.8, 4) is 5.75 Å². The second kappa shape index (κ2) is 11.1. The van der Waals surface area contributed by atoms with Crippen molar-refractivity contribution in [1.29, 1.82) is 0 Å². The molecular formula is C25H30N4O3S. The molecule has 0 bridgehead atoms. The van der Waals surface area contributed by atoms with E-state index in [1.165, 1.54) is 11.8 Å². The van der Waals surface area contributed by atoms with E-state index in [4.69, 9.17) is 4.74 Å². The number of nitrogens with one attached hydrogen (secondary N) is 1. The van der Waals surface area contributed by atoms with Gasteiger partial charge >= 0.3 is 0 Å². The van der Waals surface area contributed by atoms with Gasteiger partial charge in [-0.1, -0.05) is 43.3 Å². The Hall–Kier alpha value is -3.13. The lowest BCUT2D eigenvalue weighted by molar-refractivity contribution is 0.0921. The Labute approximate surface area is 198 Å². The van der Waals surface area contributed by atoms with Crippen LogP contribution in [0.4, 0.5) is 0 Å². The number of benzene rings is 2. The second-order valence-corrected chi connectivity index (χ2v) is 9.03. The molecule has 1 amide bonds. The van der Waals surface area contributed by atoms with Crippen molar-refractivity contribution in [1.82, 2.24) is 20.1 Å². The van der Waals surface area contributed by atoms with E-state index in [1.807, 2.05) is 50.5 Å². The van der Waals surface area contributed by atoms with Gasteiger partial charge in [-0.25, -0.2) is 0 Å². The van der Waals surface area contributed by atoms with Crippen LogP contribution in [0, 0.1) is 12.8 Å². The SMILES string of the molecule is CCn1c(SCC(=O)c2ccc(OC)cc2)nnc1[C@@H](NC(=O)c1cccc(C)c1)C(C)C. The summed E-state index contributed by atoms with van der Waals surface area (Å²) in [6.07, 6.45) is 0. The van der Waals surface area contributed by atoms with E-state index in [1.54, 1.807) is 37.4 Å². The lowest BCUT2D eigenvalue weighted by Crippen LogP contribution is -2.33. The second-order valence-electron chi connectivity index (χ2n) is 8.09. The summed E-state index contributed by atoms with van der Waals surface area (Å²) >= 11 is 1.35. The molecule has 0 saturated heterocycles. The molecule has 7 nitrogen and oxygen atoms in total. The number of thioether (sulfide) groups is 1. The van der Waals surface area contributed by atoms with Crippen LogP contribution in [0.15, 0.2) is 53.7 Å². The van der Waals surface area contributed by atoms with Gasteiger partial charge in [-0.15, -0.1) is 10.2 Å². The highest BCUT2D eigenvalue weighted by Gasteiger charge is 2.26. The standard InChI is InChI=1S/C25H30N4O3S/c1-6-29-23(22(16(2)3)26-24(31)19-9-7-8-17(4)14-19)27-28-25(29)33-15-21(30)18-10-12-20(32-5)13-11-18/h7-14,16,22H,6,15H2,1-5H3,(H,26,31)/t22-/m0/s1. The van der Waals surface area contributed by atoms with Gasteiger partial charge in [0.25, 0.3) is 5.91 Å². The van der Waals surface area contributed by atoms with Crippen LogP contribution >= 0.6 is 11.8 Å². The molecule has 0 unspecified atom stereocenters. The highest BCUT2D eigenvalue weighted by molar-refractivity contribution is 7.99. The van der Waals surface area contributed by atoms with E-state index in [-0.39, 0.29) is 29.4 Å². The number of Topliss-reactive ketones (excluding diaryl/α,β-unsaturated/α-hetero) is 1. The number of amides is 1. The summed E-state index contributed by atoms with van der Waals surface area (Å²) in [6.45, 7) is 8.67. The summed E-state index contributed by atoms with van der Waals surface area (Å²) in [5, 5.41) is 12.5. The molecule has 0 aliphatic heterocycles. The third kappa shape index (κ3) is 6.01. The molecule has 8 heteroatoms. The molecule has 174 valence electrons. The summed E-state index contributed by atoms with van der Waals surface area (Å²) < 4.78 is 7.11. The van der Waals surface area contributed by atoms with Gasteiger partial charge in [-0.2, -0.15) is 0 Å². The minimum absolute atomic E-state index is 0.00279. The maximum absolute atomic E-state index is 12.9. The van der Waals surface area contributed by atoms with Crippen LogP contribution in [0.5, 0.6) is 5.75 Å². The first-order chi connectivity index (χ1) is 15.8. The maximum Gasteiger partial charge on any atom is 0.251 e. The molecule has 3 aromatic rings. The Kier molecular flexibility index (Phi) is 8.27. The first-order valence-electron chi connectivity index (χ1n) is 10.9. The molecule has 0 aliphatic carbocycles.